The fourth-order valence-electron chi connectivity index (χ4n) is 2.71. The summed E-state index contributed by atoms with van der Waals surface area (Å²) in [5, 5.41) is 12.8. The van der Waals surface area contributed by atoms with Crippen LogP contribution in [0.2, 0.25) is 0 Å². The maximum absolute atomic E-state index is 13.6. The number of sulfone groups is 1. The molecule has 0 saturated heterocycles. The van der Waals surface area contributed by atoms with Crippen LogP contribution in [-0.2, 0) is 14.6 Å². The van der Waals surface area contributed by atoms with Gasteiger partial charge in [-0.2, -0.15) is 31.6 Å². The summed E-state index contributed by atoms with van der Waals surface area (Å²) in [5.41, 5.74) is -2.00. The van der Waals surface area contributed by atoms with Gasteiger partial charge in [0.05, 0.1) is 11.8 Å². The highest BCUT2D eigenvalue weighted by atomic mass is 32.2. The van der Waals surface area contributed by atoms with Crippen LogP contribution in [0.15, 0.2) is 24.3 Å². The number of rotatable bonds is 8. The number of nitrogens with zero attached hydrogens (tertiary/aromatic N) is 1. The minimum absolute atomic E-state index is 0.151. The molecule has 1 aromatic rings. The van der Waals surface area contributed by atoms with Crippen molar-refractivity contribution in [3.05, 3.63) is 35.6 Å². The lowest BCUT2D eigenvalue weighted by Crippen LogP contribution is -2.54. The van der Waals surface area contributed by atoms with E-state index in [1.165, 1.54) is 0 Å². The van der Waals surface area contributed by atoms with Gasteiger partial charge in [0.25, 0.3) is 0 Å². The number of halogens is 7. The van der Waals surface area contributed by atoms with Gasteiger partial charge >= 0.3 is 12.4 Å². The second-order valence-corrected chi connectivity index (χ2v) is 9.21. The van der Waals surface area contributed by atoms with E-state index in [4.69, 9.17) is 5.26 Å². The van der Waals surface area contributed by atoms with Crippen LogP contribution in [-0.4, -0.2) is 49.8 Å². The molecule has 0 heterocycles. The normalized spacial score (nSPS) is 18.0. The van der Waals surface area contributed by atoms with Gasteiger partial charge in [-0.3, -0.25) is 10.1 Å². The van der Waals surface area contributed by atoms with Crippen LogP contribution in [0.4, 0.5) is 30.7 Å². The molecular formula is C17H16F7N3O3S. The summed E-state index contributed by atoms with van der Waals surface area (Å²) in [4.78, 5) is 12.5. The van der Waals surface area contributed by atoms with Gasteiger partial charge in [0.2, 0.25) is 5.91 Å². The van der Waals surface area contributed by atoms with Gasteiger partial charge in [0.15, 0.2) is 9.84 Å². The van der Waals surface area contributed by atoms with E-state index in [0.29, 0.717) is 12.1 Å². The molecule has 2 rings (SSSR count). The predicted octanol–water partition coefficient (Wildman–Crippen LogP) is 2.54. The third kappa shape index (κ3) is 7.35. The molecule has 2 unspecified atom stereocenters. The first-order valence-electron chi connectivity index (χ1n) is 8.64. The summed E-state index contributed by atoms with van der Waals surface area (Å²) < 4.78 is 115. The average Bonchev–Trinajstić information content (AvgIpc) is 3.36. The zero-order valence-corrected chi connectivity index (χ0v) is 16.3. The van der Waals surface area contributed by atoms with Crippen molar-refractivity contribution in [2.24, 2.45) is 0 Å². The maximum atomic E-state index is 13.6. The summed E-state index contributed by atoms with van der Waals surface area (Å²) >= 11 is 0. The molecule has 1 saturated carbocycles. The van der Waals surface area contributed by atoms with Crippen LogP contribution < -0.4 is 10.6 Å². The standard InChI is InChI=1S/C17H16F7N3O3S/c18-11-3-1-10(2-4-11)13(17(22,23)24)26-12(7-31(29,30)9-16(19,20)21)14(28)27-15(8-25)5-6-15/h1-4,12-13,26H,5-7,9H2,(H,27,28). The summed E-state index contributed by atoms with van der Waals surface area (Å²) in [6.07, 6.45) is -9.99. The molecule has 1 aliphatic carbocycles. The largest absolute Gasteiger partial charge is 0.407 e. The highest BCUT2D eigenvalue weighted by Crippen LogP contribution is 2.36. The first kappa shape index (κ1) is 24.9. The zero-order chi connectivity index (χ0) is 23.7. The topological polar surface area (TPSA) is 99.1 Å². The molecular weight excluding hydrogens is 459 g/mol. The minimum Gasteiger partial charge on any atom is -0.336 e. The van der Waals surface area contributed by atoms with E-state index in [2.05, 4.69) is 5.32 Å². The van der Waals surface area contributed by atoms with E-state index in [1.807, 2.05) is 0 Å². The number of amides is 1. The lowest BCUT2D eigenvalue weighted by Gasteiger charge is -2.28. The van der Waals surface area contributed by atoms with Crippen molar-refractivity contribution in [2.75, 3.05) is 11.5 Å². The van der Waals surface area contributed by atoms with Crippen LogP contribution in [0.5, 0.6) is 0 Å². The number of hydrogen-bond donors (Lipinski definition) is 2. The average molecular weight is 475 g/mol. The van der Waals surface area contributed by atoms with E-state index in [1.54, 1.807) is 11.4 Å². The number of nitrogens with one attached hydrogen (secondary N) is 2. The molecule has 0 aromatic heterocycles. The number of benzene rings is 1. The summed E-state index contributed by atoms with van der Waals surface area (Å²) in [7, 11) is -5.06. The lowest BCUT2D eigenvalue weighted by molar-refractivity contribution is -0.160. The van der Waals surface area contributed by atoms with Crippen LogP contribution in [0.1, 0.15) is 24.4 Å². The highest BCUT2D eigenvalue weighted by molar-refractivity contribution is 7.91. The molecule has 172 valence electrons. The molecule has 1 fully saturated rings. The molecule has 0 spiro atoms. The number of hydrogen-bond acceptors (Lipinski definition) is 5. The Balaban J connectivity index is 2.36. The van der Waals surface area contributed by atoms with Crippen molar-refractivity contribution in [1.82, 2.24) is 10.6 Å². The Bertz CT molecular complexity index is 949. The zero-order valence-electron chi connectivity index (χ0n) is 15.5. The predicted molar refractivity (Wildman–Crippen MR) is 92.5 cm³/mol. The van der Waals surface area contributed by atoms with Gasteiger partial charge in [0.1, 0.15) is 29.2 Å². The van der Waals surface area contributed by atoms with Crippen LogP contribution in [0.25, 0.3) is 0 Å². The number of nitriles is 1. The lowest BCUT2D eigenvalue weighted by atomic mass is 10.0. The second-order valence-electron chi connectivity index (χ2n) is 7.10. The van der Waals surface area contributed by atoms with E-state index in [-0.39, 0.29) is 12.8 Å². The van der Waals surface area contributed by atoms with Gasteiger partial charge in [-0.25, -0.2) is 12.8 Å². The van der Waals surface area contributed by atoms with Crippen LogP contribution >= 0.6 is 0 Å². The van der Waals surface area contributed by atoms with Crippen molar-refractivity contribution < 1.29 is 43.9 Å². The monoisotopic (exact) mass is 475 g/mol. The Morgan fingerprint density at radius 1 is 1.13 bits per heavy atom. The van der Waals surface area contributed by atoms with E-state index in [9.17, 15) is 43.9 Å². The molecule has 1 amide bonds. The van der Waals surface area contributed by atoms with Gasteiger partial charge in [-0.1, -0.05) is 12.1 Å². The fourth-order valence-corrected chi connectivity index (χ4v) is 4.08. The summed E-state index contributed by atoms with van der Waals surface area (Å²) in [6, 6.07) is -0.397. The summed E-state index contributed by atoms with van der Waals surface area (Å²) in [6.45, 7) is 0. The first-order chi connectivity index (χ1) is 14.1. The van der Waals surface area contributed by atoms with Crippen molar-refractivity contribution in [1.29, 1.82) is 5.26 Å². The van der Waals surface area contributed by atoms with Crippen LogP contribution in [0, 0.1) is 17.1 Å². The Morgan fingerprint density at radius 2 is 1.68 bits per heavy atom. The molecule has 1 aliphatic rings. The fraction of sp³-hybridized carbons (Fsp3) is 0.529. The molecule has 0 bridgehead atoms. The van der Waals surface area contributed by atoms with Crippen molar-refractivity contribution in [3.8, 4) is 6.07 Å². The van der Waals surface area contributed by atoms with Gasteiger partial charge in [-0.15, -0.1) is 0 Å². The van der Waals surface area contributed by atoms with Crippen LogP contribution in [0.3, 0.4) is 0 Å². The van der Waals surface area contributed by atoms with Crippen molar-refractivity contribution in [2.45, 2.75) is 42.8 Å². The quantitative estimate of drug-likeness (QED) is 0.563. The Hall–Kier alpha value is -2.40. The minimum atomic E-state index is -5.18. The third-order valence-corrected chi connectivity index (χ3v) is 5.95. The highest BCUT2D eigenvalue weighted by Gasteiger charge is 2.48. The van der Waals surface area contributed by atoms with E-state index >= 15 is 0 Å². The Kier molecular flexibility index (Phi) is 6.91. The van der Waals surface area contributed by atoms with Gasteiger partial charge in [-0.05, 0) is 30.5 Å². The number of carbonyl (C=O) groups excluding carboxylic acids is 1. The number of carbonyl (C=O) groups is 1. The van der Waals surface area contributed by atoms with E-state index in [0.717, 1.165) is 12.1 Å². The molecule has 14 heteroatoms. The molecule has 31 heavy (non-hydrogen) atoms. The Morgan fingerprint density at radius 3 is 2.10 bits per heavy atom. The van der Waals surface area contributed by atoms with Gasteiger partial charge < -0.3 is 5.32 Å². The SMILES string of the molecule is N#CC1(NC(=O)C(CS(=O)(=O)CC(F)(F)F)NC(c2ccc(F)cc2)C(F)(F)F)CC1. The smallest absolute Gasteiger partial charge is 0.336 e. The van der Waals surface area contributed by atoms with Crippen molar-refractivity contribution in [3.63, 3.8) is 0 Å². The number of alkyl halides is 6. The maximum Gasteiger partial charge on any atom is 0.407 e. The Labute approximate surface area is 172 Å². The first-order valence-corrected chi connectivity index (χ1v) is 10.5. The molecule has 0 radical (unpaired) electrons. The molecule has 6 nitrogen and oxygen atoms in total. The molecule has 0 aliphatic heterocycles. The van der Waals surface area contributed by atoms with Crippen molar-refractivity contribution >= 4 is 15.7 Å². The molecule has 2 N–H and O–H groups in total. The van der Waals surface area contributed by atoms with Gasteiger partial charge in [0, 0.05) is 0 Å². The summed E-state index contributed by atoms with van der Waals surface area (Å²) in [5.74, 6) is -6.19. The second kappa shape index (κ2) is 8.62. The van der Waals surface area contributed by atoms with E-state index < -0.39 is 68.6 Å². The molecule has 2 atom stereocenters. The third-order valence-electron chi connectivity index (χ3n) is 4.35. The molecule has 1 aromatic carbocycles.